The number of hydrogen-bond acceptors (Lipinski definition) is 5. The highest BCUT2D eigenvalue weighted by Crippen LogP contribution is 2.27. The van der Waals surface area contributed by atoms with Gasteiger partial charge >= 0.3 is 0 Å². The summed E-state index contributed by atoms with van der Waals surface area (Å²) in [5, 5.41) is 2.86. The summed E-state index contributed by atoms with van der Waals surface area (Å²) in [5.41, 5.74) is 2.07. The van der Waals surface area contributed by atoms with E-state index in [0.717, 1.165) is 52.5 Å². The number of amides is 2. The molecule has 3 rings (SSSR count). The van der Waals surface area contributed by atoms with Crippen LogP contribution in [-0.4, -0.2) is 50.9 Å². The van der Waals surface area contributed by atoms with Crippen LogP contribution in [0.3, 0.4) is 0 Å². The number of halogens is 1. The molecule has 3 aromatic rings. The first-order valence-corrected chi connectivity index (χ1v) is 15.1. The highest BCUT2D eigenvalue weighted by Gasteiger charge is 2.32. The maximum absolute atomic E-state index is 13.9. The van der Waals surface area contributed by atoms with Gasteiger partial charge in [-0.2, -0.15) is 0 Å². The number of aryl methyl sites for hydroxylation is 1. The van der Waals surface area contributed by atoms with E-state index < -0.39 is 34.3 Å². The van der Waals surface area contributed by atoms with E-state index in [2.05, 4.69) is 5.32 Å². The van der Waals surface area contributed by atoms with Crippen LogP contribution >= 0.6 is 0 Å². The van der Waals surface area contributed by atoms with E-state index in [4.69, 9.17) is 4.74 Å². The van der Waals surface area contributed by atoms with Gasteiger partial charge in [0.1, 0.15) is 24.2 Å². The molecule has 0 aliphatic carbocycles. The second kappa shape index (κ2) is 14.6. The van der Waals surface area contributed by atoms with Gasteiger partial charge in [-0.1, -0.05) is 43.2 Å². The minimum Gasteiger partial charge on any atom is -0.494 e. The van der Waals surface area contributed by atoms with Crippen molar-refractivity contribution in [2.24, 2.45) is 0 Å². The molecule has 41 heavy (non-hydrogen) atoms. The highest BCUT2D eigenvalue weighted by molar-refractivity contribution is 7.92. The van der Waals surface area contributed by atoms with Crippen LogP contribution < -0.4 is 14.4 Å². The lowest BCUT2D eigenvalue weighted by Gasteiger charge is -2.32. The maximum Gasteiger partial charge on any atom is 0.264 e. The molecule has 3 aromatic carbocycles. The van der Waals surface area contributed by atoms with Crippen molar-refractivity contribution < 1.29 is 27.1 Å². The summed E-state index contributed by atoms with van der Waals surface area (Å²) in [6.45, 7) is 7.86. The Labute approximate surface area is 242 Å². The summed E-state index contributed by atoms with van der Waals surface area (Å²) >= 11 is 0. The number of carbonyl (C=O) groups excluding carboxylic acids is 2. The highest BCUT2D eigenvalue weighted by atomic mass is 32.2. The van der Waals surface area contributed by atoms with Crippen molar-refractivity contribution in [1.82, 2.24) is 10.2 Å². The Morgan fingerprint density at radius 3 is 2.17 bits per heavy atom. The van der Waals surface area contributed by atoms with Gasteiger partial charge in [0.25, 0.3) is 10.0 Å². The molecule has 0 aliphatic heterocycles. The number of nitrogens with one attached hydrogen (secondary N) is 1. The predicted octanol–water partition coefficient (Wildman–Crippen LogP) is 5.06. The number of rotatable bonds is 14. The first-order valence-electron chi connectivity index (χ1n) is 13.7. The van der Waals surface area contributed by atoms with Crippen molar-refractivity contribution in [2.75, 3.05) is 24.0 Å². The molecule has 0 saturated carbocycles. The summed E-state index contributed by atoms with van der Waals surface area (Å²) in [6, 6.07) is 17.4. The molecule has 1 N–H and O–H groups in total. The van der Waals surface area contributed by atoms with Crippen LogP contribution in [0.2, 0.25) is 0 Å². The first kappa shape index (κ1) is 31.6. The summed E-state index contributed by atoms with van der Waals surface area (Å²) in [5.74, 6) is -0.934. The first-order chi connectivity index (χ1) is 19.6. The average molecular weight is 584 g/mol. The molecule has 8 nitrogen and oxygen atoms in total. The maximum atomic E-state index is 13.9. The number of sulfonamides is 1. The second-order valence-corrected chi connectivity index (χ2v) is 11.6. The summed E-state index contributed by atoms with van der Waals surface area (Å²) in [7, 11) is -4.29. The fourth-order valence-corrected chi connectivity index (χ4v) is 5.56. The van der Waals surface area contributed by atoms with E-state index in [1.165, 1.54) is 4.90 Å². The zero-order valence-electron chi connectivity index (χ0n) is 24.0. The Balaban J connectivity index is 2.00. The van der Waals surface area contributed by atoms with E-state index in [1.807, 2.05) is 45.0 Å². The van der Waals surface area contributed by atoms with Crippen LogP contribution in [0.1, 0.15) is 44.7 Å². The number of benzene rings is 3. The Morgan fingerprint density at radius 1 is 0.951 bits per heavy atom. The topological polar surface area (TPSA) is 96.0 Å². The lowest BCUT2D eigenvalue weighted by molar-refractivity contribution is -0.139. The zero-order valence-corrected chi connectivity index (χ0v) is 24.8. The largest absolute Gasteiger partial charge is 0.494 e. The number of anilines is 1. The molecule has 0 heterocycles. The van der Waals surface area contributed by atoms with E-state index in [0.29, 0.717) is 18.9 Å². The molecular weight excluding hydrogens is 545 g/mol. The number of unbranched alkanes of at least 4 members (excludes halogenated alkanes) is 1. The van der Waals surface area contributed by atoms with Crippen LogP contribution in [0.4, 0.5) is 10.1 Å². The lowest BCUT2D eigenvalue weighted by Crippen LogP contribution is -2.51. The summed E-state index contributed by atoms with van der Waals surface area (Å²) in [4.78, 5) is 28.2. The van der Waals surface area contributed by atoms with E-state index in [9.17, 15) is 22.4 Å². The van der Waals surface area contributed by atoms with Gasteiger partial charge in [0.2, 0.25) is 11.8 Å². The third kappa shape index (κ3) is 8.53. The lowest BCUT2D eigenvalue weighted by atomic mass is 10.1. The van der Waals surface area contributed by atoms with Gasteiger partial charge in [-0.25, -0.2) is 12.8 Å². The van der Waals surface area contributed by atoms with E-state index in [1.54, 1.807) is 31.2 Å². The van der Waals surface area contributed by atoms with Gasteiger partial charge in [-0.15, -0.1) is 0 Å². The molecule has 0 saturated heterocycles. The van der Waals surface area contributed by atoms with Gasteiger partial charge in [0.15, 0.2) is 0 Å². The third-order valence-electron chi connectivity index (χ3n) is 6.59. The molecule has 220 valence electrons. The van der Waals surface area contributed by atoms with Crippen molar-refractivity contribution in [3.05, 3.63) is 89.7 Å². The fourth-order valence-electron chi connectivity index (χ4n) is 4.15. The van der Waals surface area contributed by atoms with E-state index in [-0.39, 0.29) is 23.0 Å². The van der Waals surface area contributed by atoms with Crippen LogP contribution in [0, 0.1) is 12.7 Å². The van der Waals surface area contributed by atoms with Gasteiger partial charge < -0.3 is 15.0 Å². The van der Waals surface area contributed by atoms with Crippen LogP contribution in [0.5, 0.6) is 5.75 Å². The molecule has 0 spiro atoms. The normalized spacial score (nSPS) is 11.9. The monoisotopic (exact) mass is 583 g/mol. The summed E-state index contributed by atoms with van der Waals surface area (Å²) < 4.78 is 47.7. The number of carbonyl (C=O) groups is 2. The SMILES string of the molecule is CCCCNC(=O)[C@H](C)N(Cc1ccc(C)cc1)C(=O)CN(c1ccc(OCC)cc1)S(=O)(=O)c1ccc(F)cc1. The quantitative estimate of drug-likeness (QED) is 0.268. The van der Waals surface area contributed by atoms with E-state index >= 15 is 0 Å². The molecule has 0 fully saturated rings. The molecule has 0 aliphatic rings. The molecule has 2 amide bonds. The van der Waals surface area contributed by atoms with Crippen LogP contribution in [0.25, 0.3) is 0 Å². The molecule has 0 unspecified atom stereocenters. The van der Waals surface area contributed by atoms with Gasteiger partial charge in [0.05, 0.1) is 17.2 Å². The minimum absolute atomic E-state index is 0.106. The standard InChI is InChI=1S/C31H38FN3O5S/c1-5-7-20-33-31(37)24(4)34(21-25-10-8-23(3)9-11-25)30(36)22-35(27-14-16-28(17-15-27)40-6-2)41(38,39)29-18-12-26(32)13-19-29/h8-19,24H,5-7,20-22H2,1-4H3,(H,33,37)/t24-/m0/s1. The van der Waals surface area contributed by atoms with Crippen LogP contribution in [0.15, 0.2) is 77.7 Å². The minimum atomic E-state index is -4.29. The second-order valence-electron chi connectivity index (χ2n) is 9.72. The Hall–Kier alpha value is -3.92. The van der Waals surface area contributed by atoms with Gasteiger partial charge in [-0.3, -0.25) is 13.9 Å². The van der Waals surface area contributed by atoms with Gasteiger partial charge in [0, 0.05) is 13.1 Å². The molecule has 0 bridgehead atoms. The van der Waals surface area contributed by atoms with Crippen LogP contribution in [-0.2, 0) is 26.2 Å². The van der Waals surface area contributed by atoms with Crippen molar-refractivity contribution in [2.45, 2.75) is 58.0 Å². The number of hydrogen-bond donors (Lipinski definition) is 1. The molecule has 0 aromatic heterocycles. The fraction of sp³-hybridized carbons (Fsp3) is 0.355. The van der Waals surface area contributed by atoms with Crippen molar-refractivity contribution in [3.63, 3.8) is 0 Å². The predicted molar refractivity (Wildman–Crippen MR) is 158 cm³/mol. The number of ether oxygens (including phenoxy) is 1. The van der Waals surface area contributed by atoms with Crippen molar-refractivity contribution in [1.29, 1.82) is 0 Å². The number of nitrogens with zero attached hydrogens (tertiary/aromatic N) is 2. The Kier molecular flexibility index (Phi) is 11.3. The Morgan fingerprint density at radius 2 is 1.59 bits per heavy atom. The zero-order chi connectivity index (χ0) is 30.0. The van der Waals surface area contributed by atoms with Crippen molar-refractivity contribution >= 4 is 27.5 Å². The third-order valence-corrected chi connectivity index (χ3v) is 8.37. The molecule has 1 atom stereocenters. The molecule has 10 heteroatoms. The van der Waals surface area contributed by atoms with Crippen molar-refractivity contribution in [3.8, 4) is 5.75 Å². The molecule has 0 radical (unpaired) electrons. The Bertz CT molecular complexity index is 1400. The average Bonchev–Trinajstić information content (AvgIpc) is 2.96. The molecular formula is C31H38FN3O5S. The smallest absolute Gasteiger partial charge is 0.264 e. The summed E-state index contributed by atoms with van der Waals surface area (Å²) in [6.07, 6.45) is 1.70. The van der Waals surface area contributed by atoms with Gasteiger partial charge in [-0.05, 0) is 81.3 Å².